The number of aliphatic imine (C=N–C) groups is 1. The molecule has 7 nitrogen and oxygen atoms in total. The van der Waals surface area contributed by atoms with Gasteiger partial charge in [0, 0.05) is 35.6 Å². The van der Waals surface area contributed by atoms with Gasteiger partial charge in [-0.05, 0) is 43.7 Å². The van der Waals surface area contributed by atoms with Gasteiger partial charge in [0.15, 0.2) is 0 Å². The van der Waals surface area contributed by atoms with Crippen molar-refractivity contribution >= 4 is 28.5 Å². The van der Waals surface area contributed by atoms with Gasteiger partial charge < -0.3 is 20.3 Å². The average Bonchev–Trinajstić information content (AvgIpc) is 3.23. The second-order valence-electron chi connectivity index (χ2n) is 7.59. The Morgan fingerprint density at radius 2 is 2.03 bits per heavy atom. The van der Waals surface area contributed by atoms with E-state index in [1.54, 1.807) is 0 Å². The first-order chi connectivity index (χ1) is 15.1. The van der Waals surface area contributed by atoms with E-state index in [0.717, 1.165) is 18.2 Å². The number of ether oxygens (including phenoxy) is 1. The Kier molecular flexibility index (Phi) is 7.32. The summed E-state index contributed by atoms with van der Waals surface area (Å²) in [6.45, 7) is 2.23. The monoisotopic (exact) mass is 468 g/mol. The highest BCUT2D eigenvalue weighted by Gasteiger charge is 2.32. The van der Waals surface area contributed by atoms with E-state index in [1.165, 1.54) is 19.1 Å². The summed E-state index contributed by atoms with van der Waals surface area (Å²) in [5.41, 5.74) is 3.99. The fourth-order valence-corrected chi connectivity index (χ4v) is 4.11. The number of carbonyl (C=O) groups excluding carboxylic acids is 1. The lowest BCUT2D eigenvalue weighted by Crippen LogP contribution is -2.34. The van der Waals surface area contributed by atoms with Crippen LogP contribution in [0.25, 0.3) is 0 Å². The molecule has 0 aromatic heterocycles. The van der Waals surface area contributed by atoms with Gasteiger partial charge in [-0.3, -0.25) is 14.0 Å². The molecule has 0 spiro atoms. The largest absolute Gasteiger partial charge is 0.772 e. The van der Waals surface area contributed by atoms with E-state index < -0.39 is 51.3 Å². The third-order valence-electron chi connectivity index (χ3n) is 5.10. The van der Waals surface area contributed by atoms with Crippen molar-refractivity contribution in [2.24, 2.45) is 16.6 Å². The summed E-state index contributed by atoms with van der Waals surface area (Å²) < 4.78 is 70.1. The van der Waals surface area contributed by atoms with Crippen molar-refractivity contribution in [2.45, 2.75) is 18.9 Å². The number of nitrogens with one attached hydrogen (secondary N) is 1. The van der Waals surface area contributed by atoms with Crippen molar-refractivity contribution in [1.29, 1.82) is 0 Å². The van der Waals surface area contributed by atoms with Gasteiger partial charge in [0.05, 0.1) is 17.7 Å². The number of hydrogen-bond donors (Lipinski definition) is 2. The molecule has 1 heterocycles. The van der Waals surface area contributed by atoms with Gasteiger partial charge in [-0.1, -0.05) is 11.1 Å². The molecule has 2 aromatic carbocycles. The predicted molar refractivity (Wildman–Crippen MR) is 112 cm³/mol. The molecule has 172 valence electrons. The Hall–Kier alpha value is -2.76. The Balaban J connectivity index is 1.95. The second kappa shape index (κ2) is 9.80. The summed E-state index contributed by atoms with van der Waals surface area (Å²) in [5.74, 6) is -4.20. The third kappa shape index (κ3) is 5.53. The maximum Gasteiger partial charge on any atom is 0.258 e. The summed E-state index contributed by atoms with van der Waals surface area (Å²) in [4.78, 5) is 16.7. The van der Waals surface area contributed by atoms with Crippen LogP contribution in [0, 0.1) is 23.4 Å². The number of hydrogen-bond acceptors (Lipinski definition) is 5. The maximum absolute atomic E-state index is 14.8. The highest BCUT2D eigenvalue weighted by Crippen LogP contribution is 2.32. The molecular weight excluding hydrogens is 447 g/mol. The topological polar surface area (TPSA) is 117 Å². The molecule has 1 aliphatic rings. The molecule has 1 saturated heterocycles. The van der Waals surface area contributed by atoms with Crippen LogP contribution in [0.4, 0.5) is 18.9 Å². The van der Waals surface area contributed by atoms with Crippen molar-refractivity contribution in [3.63, 3.8) is 0 Å². The third-order valence-corrected chi connectivity index (χ3v) is 5.90. The van der Waals surface area contributed by atoms with Crippen LogP contribution in [-0.4, -0.2) is 39.5 Å². The lowest BCUT2D eigenvalue weighted by molar-refractivity contribution is 0.102. The van der Waals surface area contributed by atoms with Crippen LogP contribution in [-0.2, 0) is 21.4 Å². The maximum atomic E-state index is 14.8. The molecule has 1 aliphatic heterocycles. The molecule has 0 saturated carbocycles. The SMILES string of the molecule is C[C@@](CS(=O)[O-])(N=C(N)[C@@H]1CCOC1)c1cc(NC(=O)c2ccc(F)cc2F)ccc1F. The summed E-state index contributed by atoms with van der Waals surface area (Å²) in [5, 5.41) is 2.40. The van der Waals surface area contributed by atoms with E-state index in [0.29, 0.717) is 25.7 Å². The zero-order chi connectivity index (χ0) is 23.5. The molecule has 0 radical (unpaired) electrons. The van der Waals surface area contributed by atoms with Crippen LogP contribution >= 0.6 is 0 Å². The first-order valence-corrected chi connectivity index (χ1v) is 10.9. The van der Waals surface area contributed by atoms with Gasteiger partial charge in [0.2, 0.25) is 0 Å². The molecule has 2 aromatic rings. The number of rotatable bonds is 7. The van der Waals surface area contributed by atoms with Gasteiger partial charge in [-0.15, -0.1) is 0 Å². The lowest BCUT2D eigenvalue weighted by atomic mass is 9.93. The van der Waals surface area contributed by atoms with Crippen LogP contribution < -0.4 is 11.1 Å². The number of nitrogens with zero attached hydrogens (tertiary/aromatic N) is 1. The van der Waals surface area contributed by atoms with Crippen LogP contribution in [0.15, 0.2) is 41.4 Å². The number of benzene rings is 2. The standard InChI is InChI=1S/C21H22F3N3O4S/c1-21(11-32(29)30,27-19(25)12-6-7-31-10-12)16-9-14(3-5-17(16)23)26-20(28)15-4-2-13(22)8-18(15)24/h2-5,8-9,12H,6-7,10-11H2,1H3,(H2,25,27)(H,26,28)(H,29,30)/p-1/t12-,21+/m1/s1. The Morgan fingerprint density at radius 1 is 1.28 bits per heavy atom. The van der Waals surface area contributed by atoms with E-state index in [2.05, 4.69) is 10.3 Å². The first kappa shape index (κ1) is 23.9. The molecule has 1 unspecified atom stereocenters. The zero-order valence-electron chi connectivity index (χ0n) is 17.1. The van der Waals surface area contributed by atoms with Crippen LogP contribution in [0.2, 0.25) is 0 Å². The minimum Gasteiger partial charge on any atom is -0.772 e. The molecule has 3 rings (SSSR count). The number of halogens is 3. The predicted octanol–water partition coefficient (Wildman–Crippen LogP) is 2.84. The van der Waals surface area contributed by atoms with Crippen molar-refractivity contribution in [2.75, 3.05) is 24.3 Å². The van der Waals surface area contributed by atoms with E-state index in [4.69, 9.17) is 10.5 Å². The molecule has 0 aliphatic carbocycles. The molecular formula is C21H21F3N3O4S-. The average molecular weight is 468 g/mol. The van der Waals surface area contributed by atoms with E-state index in [-0.39, 0.29) is 23.0 Å². The van der Waals surface area contributed by atoms with E-state index in [9.17, 15) is 26.7 Å². The van der Waals surface area contributed by atoms with Gasteiger partial charge in [0.1, 0.15) is 23.3 Å². The summed E-state index contributed by atoms with van der Waals surface area (Å²) >= 11 is -2.60. The Bertz CT molecular complexity index is 1080. The van der Waals surface area contributed by atoms with Crippen LogP contribution in [0.3, 0.4) is 0 Å². The number of carbonyl (C=O) groups is 1. The normalized spacial score (nSPS) is 19.4. The minimum atomic E-state index is -2.60. The van der Waals surface area contributed by atoms with Crippen LogP contribution in [0.5, 0.6) is 0 Å². The molecule has 3 atom stereocenters. The van der Waals surface area contributed by atoms with Crippen molar-refractivity contribution in [3.8, 4) is 0 Å². The van der Waals surface area contributed by atoms with Crippen molar-refractivity contribution in [1.82, 2.24) is 0 Å². The van der Waals surface area contributed by atoms with Crippen molar-refractivity contribution in [3.05, 3.63) is 65.0 Å². The second-order valence-corrected chi connectivity index (χ2v) is 8.49. The van der Waals surface area contributed by atoms with Gasteiger partial charge in [0.25, 0.3) is 5.91 Å². The summed E-state index contributed by atoms with van der Waals surface area (Å²) in [7, 11) is 0. The lowest BCUT2D eigenvalue weighted by Gasteiger charge is -2.29. The Morgan fingerprint density at radius 3 is 2.66 bits per heavy atom. The quantitative estimate of drug-likeness (QED) is 0.368. The molecule has 0 bridgehead atoms. The highest BCUT2D eigenvalue weighted by molar-refractivity contribution is 7.79. The summed E-state index contributed by atoms with van der Waals surface area (Å²) in [6, 6.07) is 5.94. The van der Waals surface area contributed by atoms with Crippen molar-refractivity contribution < 1.29 is 31.5 Å². The Labute approximate surface area is 185 Å². The van der Waals surface area contributed by atoms with Gasteiger partial charge >= 0.3 is 0 Å². The summed E-state index contributed by atoms with van der Waals surface area (Å²) in [6.07, 6.45) is 0.605. The smallest absolute Gasteiger partial charge is 0.258 e. The fourth-order valence-electron chi connectivity index (χ4n) is 3.43. The molecule has 3 N–H and O–H groups in total. The fraction of sp³-hybridized carbons (Fsp3) is 0.333. The van der Waals surface area contributed by atoms with E-state index >= 15 is 0 Å². The number of nitrogens with two attached hydrogens (primary N) is 1. The van der Waals surface area contributed by atoms with Crippen LogP contribution in [0.1, 0.15) is 29.3 Å². The molecule has 1 fully saturated rings. The van der Waals surface area contributed by atoms with Gasteiger partial charge in [-0.25, -0.2) is 13.2 Å². The minimum absolute atomic E-state index is 0.0657. The van der Waals surface area contributed by atoms with Gasteiger partial charge in [-0.2, -0.15) is 0 Å². The highest BCUT2D eigenvalue weighted by atomic mass is 32.2. The van der Waals surface area contributed by atoms with E-state index in [1.807, 2.05) is 0 Å². The first-order valence-electron chi connectivity index (χ1n) is 9.64. The molecule has 32 heavy (non-hydrogen) atoms. The molecule has 1 amide bonds. The number of amides is 1. The number of amidine groups is 1. The zero-order valence-corrected chi connectivity index (χ0v) is 17.9. The molecule has 11 heteroatoms. The number of anilines is 1.